The van der Waals surface area contributed by atoms with E-state index >= 15 is 0 Å². The molecule has 10 heteroatoms. The van der Waals surface area contributed by atoms with Gasteiger partial charge in [0, 0.05) is 0 Å². The zero-order valence-electron chi connectivity index (χ0n) is 11.5. The molecule has 0 radical (unpaired) electrons. The van der Waals surface area contributed by atoms with Gasteiger partial charge in [0.25, 0.3) is 6.43 Å². The second-order valence-electron chi connectivity index (χ2n) is 3.85. The third-order valence-electron chi connectivity index (χ3n) is 2.39. The Hall–Kier alpha value is -2.13. The summed E-state index contributed by atoms with van der Waals surface area (Å²) in [5.74, 6) is -2.75. The average molecular weight is 329 g/mol. The molecule has 1 heterocycles. The molecule has 0 saturated carbocycles. The molecule has 0 aromatic carbocycles. The topological polar surface area (TPSA) is 57.7 Å². The van der Waals surface area contributed by atoms with Crippen molar-refractivity contribution in [2.45, 2.75) is 26.1 Å². The summed E-state index contributed by atoms with van der Waals surface area (Å²) in [4.78, 5) is 14.9. The van der Waals surface area contributed by atoms with Gasteiger partial charge >= 0.3 is 12.3 Å². The van der Waals surface area contributed by atoms with Crippen LogP contribution >= 0.6 is 0 Å². The maximum Gasteiger partial charge on any atom is 0.573 e. The van der Waals surface area contributed by atoms with Crippen molar-refractivity contribution >= 4 is 5.97 Å². The largest absolute Gasteiger partial charge is 0.573 e. The molecule has 0 atom stereocenters. The van der Waals surface area contributed by atoms with Crippen molar-refractivity contribution < 1.29 is 41.0 Å². The molecule has 1 rings (SSSR count). The van der Waals surface area contributed by atoms with E-state index in [0.717, 1.165) is 13.3 Å². The van der Waals surface area contributed by atoms with Gasteiger partial charge in [-0.05, 0) is 6.92 Å². The highest BCUT2D eigenvalue weighted by Gasteiger charge is 2.36. The van der Waals surface area contributed by atoms with Crippen molar-refractivity contribution in [3.63, 3.8) is 0 Å². The fraction of sp³-hybridized carbons (Fsp3) is 0.500. The minimum atomic E-state index is -5.21. The Morgan fingerprint density at radius 1 is 1.36 bits per heavy atom. The number of halogens is 5. The maximum atomic E-state index is 13.1. The lowest BCUT2D eigenvalue weighted by Crippen LogP contribution is -2.20. The fourth-order valence-corrected chi connectivity index (χ4v) is 1.61. The Balaban J connectivity index is 3.34. The number of alkyl halides is 5. The van der Waals surface area contributed by atoms with Gasteiger partial charge in [0.05, 0.1) is 37.6 Å². The standard InChI is InChI=1S/C12H12F5NO4/c1-3-21-8(19)4-6-9(11(13)14)10(22-12(15,16)17)7(20-2)5-18-6/h5,11H,3-4H2,1-2H3. The van der Waals surface area contributed by atoms with Crippen LogP contribution in [0.15, 0.2) is 6.20 Å². The molecule has 22 heavy (non-hydrogen) atoms. The van der Waals surface area contributed by atoms with Crippen LogP contribution in [0.4, 0.5) is 22.0 Å². The van der Waals surface area contributed by atoms with Crippen LogP contribution in [0.25, 0.3) is 0 Å². The number of aromatic nitrogens is 1. The van der Waals surface area contributed by atoms with Crippen LogP contribution in [-0.2, 0) is 16.0 Å². The molecule has 5 nitrogen and oxygen atoms in total. The van der Waals surface area contributed by atoms with Crippen molar-refractivity contribution in [2.24, 2.45) is 0 Å². The highest BCUT2D eigenvalue weighted by Crippen LogP contribution is 2.41. The molecule has 0 aliphatic rings. The van der Waals surface area contributed by atoms with Crippen LogP contribution in [0.5, 0.6) is 11.5 Å². The molecular weight excluding hydrogens is 317 g/mol. The second-order valence-corrected chi connectivity index (χ2v) is 3.85. The number of ether oxygens (including phenoxy) is 3. The number of carbonyl (C=O) groups is 1. The number of pyridine rings is 1. The Bertz CT molecular complexity index is 533. The Morgan fingerprint density at radius 3 is 2.45 bits per heavy atom. The molecule has 0 fully saturated rings. The van der Waals surface area contributed by atoms with Crippen LogP contribution < -0.4 is 9.47 Å². The molecule has 0 bridgehead atoms. The monoisotopic (exact) mass is 329 g/mol. The predicted octanol–water partition coefficient (Wildman–Crippen LogP) is 3.03. The lowest BCUT2D eigenvalue weighted by Gasteiger charge is -2.18. The molecule has 0 saturated heterocycles. The number of hydrogen-bond donors (Lipinski definition) is 0. The van der Waals surface area contributed by atoms with Crippen molar-refractivity contribution in [1.29, 1.82) is 0 Å². The number of carbonyl (C=O) groups excluding carboxylic acids is 1. The normalized spacial score (nSPS) is 11.5. The van der Waals surface area contributed by atoms with Crippen LogP contribution in [0.3, 0.4) is 0 Å². The van der Waals surface area contributed by atoms with Gasteiger partial charge in [-0.25, -0.2) is 8.78 Å². The summed E-state index contributed by atoms with van der Waals surface area (Å²) in [5, 5.41) is 0. The highest BCUT2D eigenvalue weighted by molar-refractivity contribution is 5.73. The summed E-state index contributed by atoms with van der Waals surface area (Å²) in [5.41, 5.74) is -1.74. The smallest absolute Gasteiger partial charge is 0.491 e. The molecule has 0 aliphatic carbocycles. The van der Waals surface area contributed by atoms with Gasteiger partial charge in [-0.3, -0.25) is 9.78 Å². The Labute approximate surface area is 122 Å². The van der Waals surface area contributed by atoms with E-state index in [1.54, 1.807) is 0 Å². The van der Waals surface area contributed by atoms with Gasteiger partial charge in [-0.1, -0.05) is 0 Å². The zero-order valence-corrected chi connectivity index (χ0v) is 11.5. The first-order valence-electron chi connectivity index (χ1n) is 5.94. The van der Waals surface area contributed by atoms with Crippen molar-refractivity contribution in [3.8, 4) is 11.5 Å². The van der Waals surface area contributed by atoms with E-state index < -0.39 is 47.9 Å². The minimum Gasteiger partial charge on any atom is -0.491 e. The van der Waals surface area contributed by atoms with E-state index in [9.17, 15) is 26.7 Å². The van der Waals surface area contributed by atoms with E-state index in [4.69, 9.17) is 0 Å². The molecule has 1 aromatic rings. The van der Waals surface area contributed by atoms with Gasteiger partial charge in [-0.2, -0.15) is 0 Å². The van der Waals surface area contributed by atoms with Crippen molar-refractivity contribution in [1.82, 2.24) is 4.98 Å². The van der Waals surface area contributed by atoms with E-state index in [0.29, 0.717) is 0 Å². The molecule has 1 aromatic heterocycles. The summed E-state index contributed by atoms with van der Waals surface area (Å²) in [6, 6.07) is 0. The van der Waals surface area contributed by atoms with Gasteiger partial charge < -0.3 is 14.2 Å². The van der Waals surface area contributed by atoms with Crippen LogP contribution in [0, 0.1) is 0 Å². The number of nitrogens with zero attached hydrogens (tertiary/aromatic N) is 1. The lowest BCUT2D eigenvalue weighted by molar-refractivity contribution is -0.275. The lowest BCUT2D eigenvalue weighted by atomic mass is 10.1. The Kier molecular flexibility index (Phi) is 5.89. The fourth-order valence-electron chi connectivity index (χ4n) is 1.61. The molecule has 0 amide bonds. The SMILES string of the molecule is CCOC(=O)Cc1ncc(OC)c(OC(F)(F)F)c1C(F)F. The Morgan fingerprint density at radius 2 is 2.00 bits per heavy atom. The quantitative estimate of drug-likeness (QED) is 0.593. The summed E-state index contributed by atoms with van der Waals surface area (Å²) < 4.78 is 76.1. The second kappa shape index (κ2) is 7.23. The first-order chi connectivity index (χ1) is 10.2. The number of rotatable bonds is 6. The van der Waals surface area contributed by atoms with Gasteiger partial charge in [0.2, 0.25) is 0 Å². The van der Waals surface area contributed by atoms with Crippen LogP contribution in [0.2, 0.25) is 0 Å². The molecular formula is C12H12F5NO4. The summed E-state index contributed by atoms with van der Waals surface area (Å²) in [7, 11) is 0.973. The molecule has 0 N–H and O–H groups in total. The van der Waals surface area contributed by atoms with Gasteiger partial charge in [0.1, 0.15) is 0 Å². The van der Waals surface area contributed by atoms with E-state index in [2.05, 4.69) is 19.2 Å². The molecule has 0 spiro atoms. The third kappa shape index (κ3) is 4.71. The average Bonchev–Trinajstić information content (AvgIpc) is 2.37. The van der Waals surface area contributed by atoms with Crippen molar-refractivity contribution in [2.75, 3.05) is 13.7 Å². The van der Waals surface area contributed by atoms with E-state index in [1.807, 2.05) is 0 Å². The summed E-state index contributed by atoms with van der Waals surface area (Å²) in [6.07, 6.45) is -8.52. The first-order valence-corrected chi connectivity index (χ1v) is 5.94. The van der Waals surface area contributed by atoms with Gasteiger partial charge in [0.15, 0.2) is 11.5 Å². The summed E-state index contributed by atoms with van der Waals surface area (Å²) >= 11 is 0. The van der Waals surface area contributed by atoms with Crippen molar-refractivity contribution in [3.05, 3.63) is 17.5 Å². The van der Waals surface area contributed by atoms with E-state index in [-0.39, 0.29) is 6.61 Å². The van der Waals surface area contributed by atoms with Crippen LogP contribution in [0.1, 0.15) is 24.6 Å². The zero-order chi connectivity index (χ0) is 16.9. The molecule has 124 valence electrons. The predicted molar refractivity (Wildman–Crippen MR) is 62.8 cm³/mol. The molecule has 0 unspecified atom stereocenters. The number of esters is 1. The summed E-state index contributed by atoms with van der Waals surface area (Å²) in [6.45, 7) is 1.48. The molecule has 0 aliphatic heterocycles. The maximum absolute atomic E-state index is 13.1. The first kappa shape index (κ1) is 17.9. The highest BCUT2D eigenvalue weighted by atomic mass is 19.4. The minimum absolute atomic E-state index is 0.00902. The van der Waals surface area contributed by atoms with Crippen LogP contribution in [-0.4, -0.2) is 31.0 Å². The van der Waals surface area contributed by atoms with E-state index in [1.165, 1.54) is 6.92 Å². The number of hydrogen-bond acceptors (Lipinski definition) is 5. The number of methoxy groups -OCH3 is 1. The van der Waals surface area contributed by atoms with Gasteiger partial charge in [-0.15, -0.1) is 13.2 Å². The third-order valence-corrected chi connectivity index (χ3v) is 2.39.